The number of hydrogen-bond donors (Lipinski definition) is 2. The molecule has 1 amide bonds. The summed E-state index contributed by atoms with van der Waals surface area (Å²) in [6.45, 7) is 3.91. The van der Waals surface area contributed by atoms with E-state index in [2.05, 4.69) is 15.5 Å². The molecule has 1 heterocycles. The molecule has 0 atom stereocenters. The van der Waals surface area contributed by atoms with Crippen molar-refractivity contribution in [1.82, 2.24) is 14.9 Å². The fourth-order valence-corrected chi connectivity index (χ4v) is 3.76. The molecule has 0 fully saturated rings. The first-order valence-corrected chi connectivity index (χ1v) is 10.4. The van der Waals surface area contributed by atoms with Crippen LogP contribution in [-0.2, 0) is 4.79 Å². The molecule has 0 unspecified atom stereocenters. The third kappa shape index (κ3) is 4.69. The third-order valence-corrected chi connectivity index (χ3v) is 5.61. The molecule has 0 saturated heterocycles. The predicted molar refractivity (Wildman–Crippen MR) is 121 cm³/mol. The van der Waals surface area contributed by atoms with Crippen molar-refractivity contribution in [2.45, 2.75) is 19.0 Å². The summed E-state index contributed by atoms with van der Waals surface area (Å²) >= 11 is 1.19. The highest BCUT2D eigenvalue weighted by molar-refractivity contribution is 7.99. The number of aromatic nitrogens is 3. The highest BCUT2D eigenvalue weighted by Gasteiger charge is 2.19. The number of nitrogen functional groups attached to an aromatic ring is 1. The van der Waals surface area contributed by atoms with Crippen LogP contribution in [0.4, 0.5) is 5.69 Å². The molecule has 3 aromatic rings. The fraction of sp³-hybridized carbons (Fsp3) is 0.286. The van der Waals surface area contributed by atoms with Gasteiger partial charge in [-0.05, 0) is 37.1 Å². The quantitative estimate of drug-likeness (QED) is 0.403. The van der Waals surface area contributed by atoms with E-state index in [4.69, 9.17) is 20.1 Å². The minimum absolute atomic E-state index is 0.137. The Morgan fingerprint density at radius 1 is 1.06 bits per heavy atom. The zero-order chi connectivity index (χ0) is 22.5. The Kier molecular flexibility index (Phi) is 6.91. The van der Waals surface area contributed by atoms with Crippen LogP contribution in [0.3, 0.4) is 0 Å². The maximum atomic E-state index is 12.4. The number of methoxy groups -OCH3 is 3. The van der Waals surface area contributed by atoms with Crippen LogP contribution in [0.15, 0.2) is 35.5 Å². The molecule has 9 nitrogen and oxygen atoms in total. The van der Waals surface area contributed by atoms with Crippen LogP contribution in [-0.4, -0.2) is 47.9 Å². The highest BCUT2D eigenvalue weighted by Crippen LogP contribution is 2.40. The lowest BCUT2D eigenvalue weighted by molar-refractivity contribution is -0.113. The zero-order valence-corrected chi connectivity index (χ0v) is 18.9. The maximum Gasteiger partial charge on any atom is 0.234 e. The molecule has 0 radical (unpaired) electrons. The molecule has 0 saturated carbocycles. The summed E-state index contributed by atoms with van der Waals surface area (Å²) in [5.74, 6) is 8.00. The fourth-order valence-electron chi connectivity index (χ4n) is 3.10. The molecule has 2 aromatic carbocycles. The lowest BCUT2D eigenvalue weighted by atomic mass is 10.1. The van der Waals surface area contributed by atoms with Gasteiger partial charge >= 0.3 is 0 Å². The van der Waals surface area contributed by atoms with Crippen molar-refractivity contribution in [3.05, 3.63) is 41.5 Å². The minimum atomic E-state index is -0.153. The Morgan fingerprint density at radius 2 is 1.68 bits per heavy atom. The maximum absolute atomic E-state index is 12.4. The van der Waals surface area contributed by atoms with E-state index in [0.29, 0.717) is 33.8 Å². The number of nitrogens with zero attached hydrogens (tertiary/aromatic N) is 3. The van der Waals surface area contributed by atoms with Crippen LogP contribution < -0.4 is 25.4 Å². The van der Waals surface area contributed by atoms with E-state index in [1.807, 2.05) is 32.0 Å². The van der Waals surface area contributed by atoms with Crippen molar-refractivity contribution in [2.75, 3.05) is 38.2 Å². The lowest BCUT2D eigenvalue weighted by Gasteiger charge is -2.14. The number of rotatable bonds is 8. The number of aryl methyl sites for hydroxylation is 2. The largest absolute Gasteiger partial charge is 0.493 e. The summed E-state index contributed by atoms with van der Waals surface area (Å²) in [4.78, 5) is 12.4. The van der Waals surface area contributed by atoms with Crippen molar-refractivity contribution in [1.29, 1.82) is 0 Å². The van der Waals surface area contributed by atoms with E-state index in [-0.39, 0.29) is 11.7 Å². The van der Waals surface area contributed by atoms with Crippen molar-refractivity contribution in [2.24, 2.45) is 0 Å². The van der Waals surface area contributed by atoms with E-state index >= 15 is 0 Å². The molecule has 10 heteroatoms. The van der Waals surface area contributed by atoms with E-state index in [9.17, 15) is 4.79 Å². The number of anilines is 1. The third-order valence-electron chi connectivity index (χ3n) is 4.67. The van der Waals surface area contributed by atoms with Gasteiger partial charge in [-0.25, -0.2) is 4.68 Å². The molecule has 0 spiro atoms. The number of carbonyl (C=O) groups is 1. The van der Waals surface area contributed by atoms with E-state index < -0.39 is 0 Å². The summed E-state index contributed by atoms with van der Waals surface area (Å²) in [5.41, 5.74) is 3.46. The number of benzene rings is 2. The van der Waals surface area contributed by atoms with Crippen LogP contribution in [0.25, 0.3) is 11.4 Å². The summed E-state index contributed by atoms with van der Waals surface area (Å²) < 4.78 is 17.4. The number of hydrogen-bond acceptors (Lipinski definition) is 8. The SMILES string of the molecule is COc1cc(-c2nnc(SCC(=O)Nc3c(C)cccc3C)n2N)cc(OC)c1OC. The molecule has 3 N–H and O–H groups in total. The van der Waals surface area contributed by atoms with Crippen LogP contribution in [0.5, 0.6) is 17.2 Å². The first-order chi connectivity index (χ1) is 14.9. The summed E-state index contributed by atoms with van der Waals surface area (Å²) in [5, 5.41) is 11.6. The van der Waals surface area contributed by atoms with Crippen LogP contribution >= 0.6 is 11.8 Å². The van der Waals surface area contributed by atoms with Crippen molar-refractivity contribution >= 4 is 23.4 Å². The molecule has 3 rings (SSSR count). The Balaban J connectivity index is 1.77. The number of carbonyl (C=O) groups excluding carboxylic acids is 1. The molecular weight excluding hydrogens is 418 g/mol. The van der Waals surface area contributed by atoms with Gasteiger partial charge in [0.15, 0.2) is 17.3 Å². The predicted octanol–water partition coefficient (Wildman–Crippen LogP) is 3.03. The van der Waals surface area contributed by atoms with Gasteiger partial charge in [-0.15, -0.1) is 10.2 Å². The zero-order valence-electron chi connectivity index (χ0n) is 18.1. The number of thioether (sulfide) groups is 1. The van der Waals surface area contributed by atoms with Crippen LogP contribution in [0.1, 0.15) is 11.1 Å². The van der Waals surface area contributed by atoms with Gasteiger partial charge in [0.2, 0.25) is 16.8 Å². The standard InChI is InChI=1S/C21H25N5O4S/c1-12-7-6-8-13(2)18(12)23-17(27)11-31-21-25-24-20(26(21)22)14-9-15(28-3)19(30-5)16(10-14)29-4/h6-10H,11,22H2,1-5H3,(H,23,27). The second kappa shape index (κ2) is 9.61. The Hall–Kier alpha value is -3.40. The number of para-hydroxylation sites is 1. The van der Waals surface area contributed by atoms with Gasteiger partial charge in [-0.2, -0.15) is 0 Å². The molecule has 0 bridgehead atoms. The Bertz CT molecular complexity index is 1050. The van der Waals surface area contributed by atoms with Crippen molar-refractivity contribution < 1.29 is 19.0 Å². The second-order valence-electron chi connectivity index (χ2n) is 6.69. The average molecular weight is 444 g/mol. The van der Waals surface area contributed by atoms with Crippen molar-refractivity contribution in [3.63, 3.8) is 0 Å². The number of ether oxygens (including phenoxy) is 3. The number of nitrogens with two attached hydrogens (primary N) is 1. The molecular formula is C21H25N5O4S. The van der Waals surface area contributed by atoms with Crippen LogP contribution in [0.2, 0.25) is 0 Å². The van der Waals surface area contributed by atoms with E-state index in [1.165, 1.54) is 37.8 Å². The summed E-state index contributed by atoms with van der Waals surface area (Å²) in [6, 6.07) is 9.33. The summed E-state index contributed by atoms with van der Waals surface area (Å²) in [7, 11) is 4.60. The van der Waals surface area contributed by atoms with Gasteiger partial charge in [0, 0.05) is 11.3 Å². The monoisotopic (exact) mass is 443 g/mol. The average Bonchev–Trinajstić information content (AvgIpc) is 3.14. The second-order valence-corrected chi connectivity index (χ2v) is 7.64. The molecule has 31 heavy (non-hydrogen) atoms. The van der Waals surface area contributed by atoms with Gasteiger partial charge in [0.25, 0.3) is 0 Å². The van der Waals surface area contributed by atoms with Crippen LogP contribution in [0, 0.1) is 13.8 Å². The Morgan fingerprint density at radius 3 is 2.23 bits per heavy atom. The van der Waals surface area contributed by atoms with Gasteiger partial charge in [0.1, 0.15) is 0 Å². The van der Waals surface area contributed by atoms with Crippen molar-refractivity contribution in [3.8, 4) is 28.6 Å². The van der Waals surface area contributed by atoms with Gasteiger partial charge < -0.3 is 25.4 Å². The smallest absolute Gasteiger partial charge is 0.234 e. The molecule has 0 aliphatic carbocycles. The molecule has 0 aliphatic rings. The molecule has 0 aliphatic heterocycles. The first-order valence-electron chi connectivity index (χ1n) is 9.39. The van der Waals surface area contributed by atoms with Gasteiger partial charge in [-0.3, -0.25) is 4.79 Å². The summed E-state index contributed by atoms with van der Waals surface area (Å²) in [6.07, 6.45) is 0. The number of nitrogens with one attached hydrogen (secondary N) is 1. The first kappa shape index (κ1) is 22.3. The lowest BCUT2D eigenvalue weighted by Crippen LogP contribution is -2.17. The van der Waals surface area contributed by atoms with E-state index in [1.54, 1.807) is 12.1 Å². The number of amides is 1. The highest BCUT2D eigenvalue weighted by atomic mass is 32.2. The normalized spacial score (nSPS) is 10.6. The minimum Gasteiger partial charge on any atom is -0.493 e. The topological polar surface area (TPSA) is 114 Å². The van der Waals surface area contributed by atoms with Gasteiger partial charge in [-0.1, -0.05) is 30.0 Å². The molecule has 1 aromatic heterocycles. The van der Waals surface area contributed by atoms with E-state index in [0.717, 1.165) is 16.8 Å². The molecule has 164 valence electrons. The Labute approximate surface area is 184 Å². The van der Waals surface area contributed by atoms with Gasteiger partial charge in [0.05, 0.1) is 27.1 Å².